The average Bonchev–Trinajstić information content (AvgIpc) is 3.08. The van der Waals surface area contributed by atoms with Crippen LogP contribution in [0.5, 0.6) is 0 Å². The van der Waals surface area contributed by atoms with Crippen LogP contribution in [-0.4, -0.2) is 48.8 Å². The van der Waals surface area contributed by atoms with Gasteiger partial charge in [0.05, 0.1) is 0 Å². The van der Waals surface area contributed by atoms with Gasteiger partial charge in [-0.25, -0.2) is 0 Å². The topological polar surface area (TPSA) is 49.8 Å². The maximum atomic E-state index is 13.4. The van der Waals surface area contributed by atoms with Crippen molar-refractivity contribution in [3.8, 4) is 0 Å². The first-order chi connectivity index (χ1) is 12.6. The standard InChI is InChI=1S/C20H21NO3SSe/c1-2-17(22)18(26-15-11-7-4-8-12-15)19(23)21-16(13-24-20(21)25)14-9-5-3-6-10-14/h3-12,16-18,22H,2,13H2,1H3/t16-,17-,18+/m0/s1. The first-order valence-corrected chi connectivity index (χ1v) is 10.8. The molecular weight excluding hydrogens is 413 g/mol. The van der Waals surface area contributed by atoms with Crippen LogP contribution in [0.1, 0.15) is 24.9 Å². The molecule has 0 unspecified atom stereocenters. The summed E-state index contributed by atoms with van der Waals surface area (Å²) >= 11 is 5.11. The zero-order valence-corrected chi connectivity index (χ0v) is 17.0. The molecule has 1 heterocycles. The summed E-state index contributed by atoms with van der Waals surface area (Å²) in [4.78, 5) is 14.4. The molecule has 0 aliphatic carbocycles. The van der Waals surface area contributed by atoms with Crippen molar-refractivity contribution < 1.29 is 14.6 Å². The molecule has 0 aromatic heterocycles. The van der Waals surface area contributed by atoms with Crippen molar-refractivity contribution in [3.05, 3.63) is 66.2 Å². The van der Waals surface area contributed by atoms with Crippen LogP contribution >= 0.6 is 12.2 Å². The van der Waals surface area contributed by atoms with Gasteiger partial charge in [0, 0.05) is 0 Å². The molecule has 136 valence electrons. The zero-order valence-electron chi connectivity index (χ0n) is 14.4. The van der Waals surface area contributed by atoms with E-state index >= 15 is 0 Å². The Balaban J connectivity index is 1.87. The van der Waals surface area contributed by atoms with Gasteiger partial charge in [0.2, 0.25) is 0 Å². The summed E-state index contributed by atoms with van der Waals surface area (Å²) in [5, 5.41) is 10.7. The number of ether oxygens (including phenoxy) is 1. The molecule has 1 aliphatic heterocycles. The molecule has 1 saturated heterocycles. The van der Waals surface area contributed by atoms with E-state index in [9.17, 15) is 9.90 Å². The van der Waals surface area contributed by atoms with Crippen LogP contribution in [0.15, 0.2) is 60.7 Å². The molecule has 1 fully saturated rings. The summed E-state index contributed by atoms with van der Waals surface area (Å²) in [6.07, 6.45) is -0.190. The van der Waals surface area contributed by atoms with Gasteiger partial charge in [-0.15, -0.1) is 0 Å². The van der Waals surface area contributed by atoms with Crippen LogP contribution in [0, 0.1) is 0 Å². The van der Waals surface area contributed by atoms with Crippen LogP contribution in [0.3, 0.4) is 0 Å². The van der Waals surface area contributed by atoms with Gasteiger partial charge in [0.15, 0.2) is 0 Å². The number of hydrogen-bond acceptors (Lipinski definition) is 4. The number of benzene rings is 2. The third-order valence-corrected chi connectivity index (χ3v) is 7.38. The maximum absolute atomic E-state index is 13.4. The quantitative estimate of drug-likeness (QED) is 0.561. The number of amides is 1. The van der Waals surface area contributed by atoms with Crippen LogP contribution in [0.2, 0.25) is 4.82 Å². The molecule has 0 saturated carbocycles. The molecule has 0 spiro atoms. The Bertz CT molecular complexity index is 756. The molecule has 2 aromatic rings. The monoisotopic (exact) mass is 435 g/mol. The van der Waals surface area contributed by atoms with Crippen molar-refractivity contribution in [1.29, 1.82) is 0 Å². The minimum atomic E-state index is -0.706. The van der Waals surface area contributed by atoms with Crippen molar-refractivity contribution in [2.45, 2.75) is 30.3 Å². The summed E-state index contributed by atoms with van der Waals surface area (Å²) in [6.45, 7) is 2.24. The number of hydrogen-bond donors (Lipinski definition) is 1. The number of thiocarbonyl (C=S) groups is 1. The number of nitrogens with zero attached hydrogens (tertiary/aromatic N) is 1. The van der Waals surface area contributed by atoms with Gasteiger partial charge >= 0.3 is 165 Å². The fraction of sp³-hybridized carbons (Fsp3) is 0.300. The van der Waals surface area contributed by atoms with Gasteiger partial charge in [-0.2, -0.15) is 0 Å². The zero-order chi connectivity index (χ0) is 18.5. The minimum absolute atomic E-state index is 0.153. The number of aliphatic hydroxyl groups is 1. The molecule has 0 bridgehead atoms. The fourth-order valence-electron chi connectivity index (χ4n) is 2.88. The first-order valence-electron chi connectivity index (χ1n) is 8.56. The predicted molar refractivity (Wildman–Crippen MR) is 106 cm³/mol. The van der Waals surface area contributed by atoms with E-state index in [0.29, 0.717) is 13.0 Å². The second kappa shape index (κ2) is 8.78. The summed E-state index contributed by atoms with van der Waals surface area (Å²) in [7, 11) is 0. The van der Waals surface area contributed by atoms with Crippen LogP contribution < -0.4 is 4.46 Å². The van der Waals surface area contributed by atoms with Gasteiger partial charge in [-0.05, 0) is 0 Å². The van der Waals surface area contributed by atoms with Gasteiger partial charge in [-0.3, -0.25) is 0 Å². The third-order valence-electron chi connectivity index (χ3n) is 4.31. The summed E-state index contributed by atoms with van der Waals surface area (Å²) < 4.78 is 6.61. The molecule has 26 heavy (non-hydrogen) atoms. The van der Waals surface area contributed by atoms with Crippen molar-refractivity contribution in [1.82, 2.24) is 4.90 Å². The van der Waals surface area contributed by atoms with Gasteiger partial charge < -0.3 is 0 Å². The Morgan fingerprint density at radius 2 is 1.85 bits per heavy atom. The average molecular weight is 434 g/mol. The second-order valence-electron chi connectivity index (χ2n) is 6.04. The molecule has 2 aromatic carbocycles. The third kappa shape index (κ3) is 4.15. The van der Waals surface area contributed by atoms with Crippen molar-refractivity contribution in [3.63, 3.8) is 0 Å². The molecule has 1 aliphatic rings. The summed E-state index contributed by atoms with van der Waals surface area (Å²) in [6, 6.07) is 19.3. The second-order valence-corrected chi connectivity index (χ2v) is 8.94. The number of aliphatic hydroxyl groups excluding tert-OH is 1. The number of rotatable bonds is 6. The molecule has 4 nitrogen and oxygen atoms in total. The summed E-state index contributed by atoms with van der Waals surface area (Å²) in [5.74, 6) is -0.153. The van der Waals surface area contributed by atoms with Crippen molar-refractivity contribution >= 4 is 42.7 Å². The summed E-state index contributed by atoms with van der Waals surface area (Å²) in [5.41, 5.74) is 0.984. The van der Waals surface area contributed by atoms with E-state index in [2.05, 4.69) is 0 Å². The molecule has 0 radical (unpaired) electrons. The fourth-order valence-corrected chi connectivity index (χ4v) is 5.62. The molecule has 3 rings (SSSR count). The van der Waals surface area contributed by atoms with E-state index in [1.807, 2.05) is 67.6 Å². The molecule has 3 atom stereocenters. The molecule has 1 amide bonds. The van der Waals surface area contributed by atoms with E-state index in [1.165, 1.54) is 0 Å². The van der Waals surface area contributed by atoms with Crippen LogP contribution in [0.4, 0.5) is 0 Å². The number of carbonyl (C=O) groups excluding carboxylic acids is 1. The van der Waals surface area contributed by atoms with Crippen LogP contribution in [0.25, 0.3) is 0 Å². The molecule has 1 N–H and O–H groups in total. The van der Waals surface area contributed by atoms with E-state index in [4.69, 9.17) is 17.0 Å². The Morgan fingerprint density at radius 3 is 2.46 bits per heavy atom. The number of carbonyl (C=O) groups is 1. The van der Waals surface area contributed by atoms with Crippen LogP contribution in [-0.2, 0) is 9.53 Å². The Labute approximate surface area is 165 Å². The van der Waals surface area contributed by atoms with E-state index < -0.39 is 10.9 Å². The Kier molecular flexibility index (Phi) is 6.43. The Morgan fingerprint density at radius 1 is 1.23 bits per heavy atom. The van der Waals surface area contributed by atoms with Gasteiger partial charge in [0.1, 0.15) is 0 Å². The van der Waals surface area contributed by atoms with Crippen molar-refractivity contribution in [2.24, 2.45) is 0 Å². The van der Waals surface area contributed by atoms with E-state index in [-0.39, 0.29) is 32.1 Å². The first kappa shape index (κ1) is 19.1. The normalized spacial score (nSPS) is 19.1. The van der Waals surface area contributed by atoms with Crippen molar-refractivity contribution in [2.75, 3.05) is 6.61 Å². The predicted octanol–water partition coefficient (Wildman–Crippen LogP) is 2.46. The van der Waals surface area contributed by atoms with Gasteiger partial charge in [0.25, 0.3) is 0 Å². The van der Waals surface area contributed by atoms with E-state index in [0.717, 1.165) is 10.0 Å². The molecule has 6 heteroatoms. The van der Waals surface area contributed by atoms with E-state index in [1.54, 1.807) is 4.90 Å². The van der Waals surface area contributed by atoms with Gasteiger partial charge in [-0.1, -0.05) is 0 Å². The SMILES string of the molecule is CC[C@H](O)[C@@H]([Se]c1ccccc1)C(=O)N1C(=S)OC[C@H]1c1ccccc1. The Hall–Kier alpha value is -1.72. The molecular formula is C20H21NO3SSe.